The van der Waals surface area contributed by atoms with E-state index < -0.39 is 36.1 Å². The summed E-state index contributed by atoms with van der Waals surface area (Å²) in [5.74, 6) is -2.33. The number of rotatable bonds is 9. The Balaban J connectivity index is 1.42. The summed E-state index contributed by atoms with van der Waals surface area (Å²) >= 11 is 0. The van der Waals surface area contributed by atoms with Gasteiger partial charge in [0, 0.05) is 54.7 Å². The van der Waals surface area contributed by atoms with Gasteiger partial charge in [0.05, 0.1) is 11.3 Å². The van der Waals surface area contributed by atoms with Gasteiger partial charge in [-0.05, 0) is 55.0 Å². The zero-order valence-corrected chi connectivity index (χ0v) is 25.3. The van der Waals surface area contributed by atoms with Gasteiger partial charge in [0.15, 0.2) is 0 Å². The number of benzene rings is 4. The van der Waals surface area contributed by atoms with Gasteiger partial charge in [-0.3, -0.25) is 24.1 Å². The molecule has 0 spiro atoms. The Kier molecular flexibility index (Phi) is 7.91. The van der Waals surface area contributed by atoms with Crippen molar-refractivity contribution in [3.05, 3.63) is 126 Å². The fourth-order valence-electron chi connectivity index (χ4n) is 5.67. The molecule has 3 amide bonds. The molecule has 1 aliphatic heterocycles. The van der Waals surface area contributed by atoms with Crippen LogP contribution in [-0.2, 0) is 20.9 Å². The van der Waals surface area contributed by atoms with Crippen LogP contribution in [0.2, 0.25) is 0 Å². The molecular formula is C36H33N5O4. The first-order valence-electron chi connectivity index (χ1n) is 14.7. The maximum Gasteiger partial charge on any atom is 0.299 e. The maximum atomic E-state index is 14.4. The Hall–Kier alpha value is -5.70. The number of carbonyl (C=O) groups is 4. The largest absolute Gasteiger partial charge is 0.378 e. The van der Waals surface area contributed by atoms with Gasteiger partial charge in [-0.25, -0.2) is 0 Å². The number of carbonyl (C=O) groups excluding carboxylic acids is 4. The molecule has 226 valence electrons. The quantitative estimate of drug-likeness (QED) is 0.218. The normalized spacial score (nSPS) is 13.1. The SMILES string of the molecule is Cc1ccc(CN(C(=O)CN2C(=O)C(=O)c3ccccc32)C(C(=O)Nc2ccc(N(C)C)cc2)c2c[nH]c3ccccc23)cc1. The Morgan fingerprint density at radius 2 is 1.56 bits per heavy atom. The molecule has 9 heteroatoms. The average Bonchev–Trinajstić information content (AvgIpc) is 3.57. The molecule has 6 rings (SSSR count). The molecule has 2 heterocycles. The number of ketones is 1. The molecular weight excluding hydrogens is 566 g/mol. The van der Waals surface area contributed by atoms with Crippen molar-refractivity contribution >= 4 is 51.5 Å². The summed E-state index contributed by atoms with van der Waals surface area (Å²) in [6, 6.07) is 28.3. The molecule has 0 bridgehead atoms. The van der Waals surface area contributed by atoms with Crippen LogP contribution in [-0.4, -0.2) is 54.0 Å². The van der Waals surface area contributed by atoms with Gasteiger partial charge in [0.1, 0.15) is 12.6 Å². The predicted octanol–water partition coefficient (Wildman–Crippen LogP) is 5.48. The van der Waals surface area contributed by atoms with E-state index in [2.05, 4.69) is 10.3 Å². The lowest BCUT2D eigenvalue weighted by molar-refractivity contribution is -0.139. The minimum atomic E-state index is -1.08. The van der Waals surface area contributed by atoms with E-state index in [9.17, 15) is 19.2 Å². The number of fused-ring (bicyclic) bond motifs is 2. The van der Waals surface area contributed by atoms with Crippen molar-refractivity contribution in [1.82, 2.24) is 9.88 Å². The molecule has 2 N–H and O–H groups in total. The molecule has 1 aromatic heterocycles. The number of aromatic nitrogens is 1. The van der Waals surface area contributed by atoms with Crippen molar-refractivity contribution in [3.63, 3.8) is 0 Å². The summed E-state index contributed by atoms with van der Waals surface area (Å²) in [5.41, 5.74) is 5.48. The number of nitrogens with one attached hydrogen (secondary N) is 2. The van der Waals surface area contributed by atoms with E-state index in [0.29, 0.717) is 16.9 Å². The van der Waals surface area contributed by atoms with Gasteiger partial charge in [-0.1, -0.05) is 60.2 Å². The number of hydrogen-bond acceptors (Lipinski definition) is 5. The fourth-order valence-corrected chi connectivity index (χ4v) is 5.67. The van der Waals surface area contributed by atoms with Crippen LogP contribution in [0, 0.1) is 6.92 Å². The molecule has 4 aromatic carbocycles. The van der Waals surface area contributed by atoms with Gasteiger partial charge in [0.25, 0.3) is 17.6 Å². The van der Waals surface area contributed by atoms with Crippen LogP contribution < -0.4 is 15.1 Å². The number of para-hydroxylation sites is 2. The topological polar surface area (TPSA) is 106 Å². The van der Waals surface area contributed by atoms with E-state index >= 15 is 0 Å². The summed E-state index contributed by atoms with van der Waals surface area (Å²) in [5, 5.41) is 3.81. The minimum absolute atomic E-state index is 0.0912. The number of anilines is 3. The van der Waals surface area contributed by atoms with Crippen LogP contribution in [0.15, 0.2) is 103 Å². The minimum Gasteiger partial charge on any atom is -0.378 e. The molecule has 0 fully saturated rings. The van der Waals surface area contributed by atoms with E-state index in [-0.39, 0.29) is 12.1 Å². The lowest BCUT2D eigenvalue weighted by atomic mass is 10.0. The molecule has 0 radical (unpaired) electrons. The summed E-state index contributed by atoms with van der Waals surface area (Å²) in [7, 11) is 3.87. The maximum absolute atomic E-state index is 14.4. The predicted molar refractivity (Wildman–Crippen MR) is 175 cm³/mol. The number of aromatic amines is 1. The van der Waals surface area contributed by atoms with Crippen molar-refractivity contribution < 1.29 is 19.2 Å². The average molecular weight is 600 g/mol. The lowest BCUT2D eigenvalue weighted by Gasteiger charge is -2.32. The van der Waals surface area contributed by atoms with Gasteiger partial charge < -0.3 is 20.1 Å². The monoisotopic (exact) mass is 599 g/mol. The fraction of sp³-hybridized carbons (Fsp3) is 0.167. The van der Waals surface area contributed by atoms with Crippen LogP contribution in [0.25, 0.3) is 10.9 Å². The molecule has 1 unspecified atom stereocenters. The van der Waals surface area contributed by atoms with E-state index in [1.807, 2.05) is 98.7 Å². The van der Waals surface area contributed by atoms with Crippen LogP contribution >= 0.6 is 0 Å². The summed E-state index contributed by atoms with van der Waals surface area (Å²) in [4.78, 5) is 62.4. The number of amides is 3. The highest BCUT2D eigenvalue weighted by Gasteiger charge is 2.40. The smallest absolute Gasteiger partial charge is 0.299 e. The van der Waals surface area contributed by atoms with Crippen LogP contribution in [0.5, 0.6) is 0 Å². The van der Waals surface area contributed by atoms with E-state index in [4.69, 9.17) is 0 Å². The second kappa shape index (κ2) is 12.1. The first-order chi connectivity index (χ1) is 21.7. The summed E-state index contributed by atoms with van der Waals surface area (Å²) < 4.78 is 0. The van der Waals surface area contributed by atoms with Gasteiger partial charge in [0.2, 0.25) is 5.91 Å². The highest BCUT2D eigenvalue weighted by atomic mass is 16.2. The summed E-state index contributed by atoms with van der Waals surface area (Å²) in [6.07, 6.45) is 1.75. The van der Waals surface area contributed by atoms with Gasteiger partial charge in [-0.2, -0.15) is 0 Å². The van der Waals surface area contributed by atoms with Crippen molar-refractivity contribution in [1.29, 1.82) is 0 Å². The standard InChI is InChI=1S/C36H33N5O4/c1-23-12-14-24(15-13-23)21-41(32(42)22-40-31-11-7-5-9-28(31)34(43)36(40)45)33(29-20-37-30-10-6-4-8-27(29)30)35(44)38-25-16-18-26(19-17-25)39(2)3/h4-20,33,37H,21-22H2,1-3H3,(H,38,44). The van der Waals surface area contributed by atoms with Crippen LogP contribution in [0.1, 0.15) is 33.1 Å². The van der Waals surface area contributed by atoms with E-state index in [0.717, 1.165) is 27.7 Å². The molecule has 1 aliphatic rings. The molecule has 0 aliphatic carbocycles. The Morgan fingerprint density at radius 1 is 0.867 bits per heavy atom. The molecule has 5 aromatic rings. The first-order valence-corrected chi connectivity index (χ1v) is 14.7. The van der Waals surface area contributed by atoms with Crippen molar-refractivity contribution in [3.8, 4) is 0 Å². The second-order valence-electron chi connectivity index (χ2n) is 11.4. The van der Waals surface area contributed by atoms with Crippen molar-refractivity contribution in [2.45, 2.75) is 19.5 Å². The van der Waals surface area contributed by atoms with E-state index in [1.54, 1.807) is 30.5 Å². The molecule has 9 nitrogen and oxygen atoms in total. The third kappa shape index (κ3) is 5.80. The Bertz CT molecular complexity index is 1910. The summed E-state index contributed by atoms with van der Waals surface area (Å²) in [6.45, 7) is 1.66. The van der Waals surface area contributed by atoms with Gasteiger partial charge in [-0.15, -0.1) is 0 Å². The van der Waals surface area contributed by atoms with Gasteiger partial charge >= 0.3 is 0 Å². The van der Waals surface area contributed by atoms with Crippen molar-refractivity contribution in [2.24, 2.45) is 0 Å². The second-order valence-corrected chi connectivity index (χ2v) is 11.4. The first kappa shape index (κ1) is 29.4. The number of aryl methyl sites for hydroxylation is 1. The zero-order chi connectivity index (χ0) is 31.7. The third-order valence-electron chi connectivity index (χ3n) is 8.09. The molecule has 0 saturated carbocycles. The van der Waals surface area contributed by atoms with Crippen molar-refractivity contribution in [2.75, 3.05) is 35.8 Å². The Morgan fingerprint density at radius 3 is 2.29 bits per heavy atom. The zero-order valence-electron chi connectivity index (χ0n) is 25.3. The number of nitrogens with zero attached hydrogens (tertiary/aromatic N) is 3. The highest BCUT2D eigenvalue weighted by Crippen LogP contribution is 2.33. The third-order valence-corrected chi connectivity index (χ3v) is 8.09. The number of Topliss-reactive ketones (excluding diaryl/α,β-unsaturated/α-hetero) is 1. The van der Waals surface area contributed by atoms with E-state index in [1.165, 1.54) is 9.80 Å². The number of hydrogen-bond donors (Lipinski definition) is 2. The lowest BCUT2D eigenvalue weighted by Crippen LogP contribution is -2.46. The van der Waals surface area contributed by atoms with Crippen LogP contribution in [0.4, 0.5) is 17.1 Å². The molecule has 45 heavy (non-hydrogen) atoms. The Labute approximate surface area is 261 Å². The highest BCUT2D eigenvalue weighted by molar-refractivity contribution is 6.52. The number of H-pyrrole nitrogens is 1. The van der Waals surface area contributed by atoms with Crippen LogP contribution in [0.3, 0.4) is 0 Å². The molecule has 0 saturated heterocycles. The molecule has 1 atom stereocenters.